The van der Waals surface area contributed by atoms with Gasteiger partial charge < -0.3 is 9.64 Å². The Hall–Kier alpha value is -2.71. The van der Waals surface area contributed by atoms with Gasteiger partial charge >= 0.3 is 0 Å². The van der Waals surface area contributed by atoms with Crippen LogP contribution in [0.5, 0.6) is 0 Å². The topological polar surface area (TPSA) is 76.9 Å². The minimum absolute atomic E-state index is 0.660. The first kappa shape index (κ1) is 14.6. The third kappa shape index (κ3) is 2.50. The Balaban J connectivity index is 1.80. The number of fused-ring (bicyclic) bond motifs is 3. The lowest BCUT2D eigenvalue weighted by molar-refractivity contribution is 0.122. The minimum Gasteiger partial charge on any atom is -0.378 e. The Morgan fingerprint density at radius 2 is 1.88 bits per heavy atom. The van der Waals surface area contributed by atoms with Gasteiger partial charge in [-0.15, -0.1) is 11.3 Å². The van der Waals surface area contributed by atoms with E-state index in [-0.39, 0.29) is 0 Å². The number of nitrogens with zero attached hydrogens (tertiary/aromatic N) is 6. The molecule has 8 heteroatoms. The normalized spacial score (nSPS) is 15.1. The molecule has 0 atom stereocenters. The van der Waals surface area contributed by atoms with Crippen LogP contribution in [0.25, 0.3) is 32.0 Å². The van der Waals surface area contributed by atoms with Crippen LogP contribution < -0.4 is 4.90 Å². The molecule has 0 spiro atoms. The van der Waals surface area contributed by atoms with Crippen molar-refractivity contribution in [2.75, 3.05) is 31.2 Å². The number of hydrogen-bond donors (Lipinski definition) is 0. The molecule has 0 amide bonds. The molecule has 0 bridgehead atoms. The zero-order valence-electron chi connectivity index (χ0n) is 13.3. The summed E-state index contributed by atoms with van der Waals surface area (Å²) in [6.07, 6.45) is 6.94. The number of pyridine rings is 1. The lowest BCUT2D eigenvalue weighted by atomic mass is 10.2. The highest BCUT2D eigenvalue weighted by Gasteiger charge is 2.21. The first-order valence-corrected chi connectivity index (χ1v) is 8.86. The molecule has 1 fully saturated rings. The molecule has 5 rings (SSSR count). The fourth-order valence-electron chi connectivity index (χ4n) is 2.97. The molecule has 0 saturated carbocycles. The minimum atomic E-state index is 0.660. The standard InChI is InChI=1S/C17H14N6OS/c1-2-11(10-18-3-1)15-21-12-13-17(20-5-4-19-13)25-14(12)16(22-15)23-6-8-24-9-7-23/h1-5,10H,6-9H2. The average molecular weight is 350 g/mol. The van der Waals surface area contributed by atoms with Crippen LogP contribution in [-0.2, 0) is 4.74 Å². The van der Waals surface area contributed by atoms with Crippen LogP contribution in [0.15, 0.2) is 36.9 Å². The largest absolute Gasteiger partial charge is 0.378 e. The van der Waals surface area contributed by atoms with Gasteiger partial charge in [0, 0.05) is 43.4 Å². The maximum absolute atomic E-state index is 5.49. The van der Waals surface area contributed by atoms with Crippen LogP contribution in [0.4, 0.5) is 5.82 Å². The molecule has 0 aliphatic carbocycles. The molecule has 1 saturated heterocycles. The molecule has 7 nitrogen and oxygen atoms in total. The van der Waals surface area contributed by atoms with Gasteiger partial charge in [-0.1, -0.05) is 0 Å². The van der Waals surface area contributed by atoms with Crippen molar-refractivity contribution < 1.29 is 4.74 Å². The zero-order valence-corrected chi connectivity index (χ0v) is 14.1. The third-order valence-electron chi connectivity index (χ3n) is 4.17. The SMILES string of the molecule is c1cncc(-c2nc(N3CCOCC3)c3sc4nccnc4c3n2)c1. The van der Waals surface area contributed by atoms with Gasteiger partial charge in [0.15, 0.2) is 11.6 Å². The summed E-state index contributed by atoms with van der Waals surface area (Å²) in [4.78, 5) is 25.9. The van der Waals surface area contributed by atoms with Crippen LogP contribution >= 0.6 is 11.3 Å². The number of morpholine rings is 1. The van der Waals surface area contributed by atoms with Gasteiger partial charge in [-0.25, -0.2) is 19.9 Å². The van der Waals surface area contributed by atoms with Crippen molar-refractivity contribution >= 4 is 37.7 Å². The number of hydrogen-bond acceptors (Lipinski definition) is 8. The summed E-state index contributed by atoms with van der Waals surface area (Å²) < 4.78 is 6.51. The Bertz CT molecular complexity index is 1050. The predicted octanol–water partition coefficient (Wildman–Crippen LogP) is 2.53. The highest BCUT2D eigenvalue weighted by atomic mass is 32.1. The van der Waals surface area contributed by atoms with E-state index < -0.39 is 0 Å². The smallest absolute Gasteiger partial charge is 0.163 e. The van der Waals surface area contributed by atoms with Gasteiger partial charge in [-0.3, -0.25) is 4.98 Å². The Morgan fingerprint density at radius 3 is 2.72 bits per heavy atom. The van der Waals surface area contributed by atoms with Crippen LogP contribution in [0, 0.1) is 0 Å². The fourth-order valence-corrected chi connectivity index (χ4v) is 4.02. The number of thiophene rings is 1. The molecule has 0 aromatic carbocycles. The molecule has 0 N–H and O–H groups in total. The second-order valence-electron chi connectivity index (χ2n) is 5.70. The third-order valence-corrected chi connectivity index (χ3v) is 5.24. The number of rotatable bonds is 2. The monoisotopic (exact) mass is 350 g/mol. The summed E-state index contributed by atoms with van der Waals surface area (Å²) in [7, 11) is 0. The quantitative estimate of drug-likeness (QED) is 0.550. The molecular formula is C17H14N6OS. The summed E-state index contributed by atoms with van der Waals surface area (Å²) in [5.74, 6) is 1.59. The van der Waals surface area contributed by atoms with Crippen LogP contribution in [0.2, 0.25) is 0 Å². The molecule has 124 valence electrons. The molecule has 1 aliphatic heterocycles. The van der Waals surface area contributed by atoms with E-state index in [1.165, 1.54) is 0 Å². The van der Waals surface area contributed by atoms with Crippen LogP contribution in [0.3, 0.4) is 0 Å². The van der Waals surface area contributed by atoms with Crippen molar-refractivity contribution in [3.63, 3.8) is 0 Å². The first-order valence-electron chi connectivity index (χ1n) is 8.04. The lowest BCUT2D eigenvalue weighted by Gasteiger charge is -2.28. The molecule has 25 heavy (non-hydrogen) atoms. The van der Waals surface area contributed by atoms with Gasteiger partial charge in [0.1, 0.15) is 15.9 Å². The second kappa shape index (κ2) is 5.98. The summed E-state index contributed by atoms with van der Waals surface area (Å²) in [6, 6.07) is 3.86. The summed E-state index contributed by atoms with van der Waals surface area (Å²) in [5, 5.41) is 0. The highest BCUT2D eigenvalue weighted by Crippen LogP contribution is 2.37. The average Bonchev–Trinajstić information content (AvgIpc) is 3.07. The molecule has 1 aliphatic rings. The van der Waals surface area contributed by atoms with E-state index in [0.717, 1.165) is 45.0 Å². The summed E-state index contributed by atoms with van der Waals surface area (Å²) >= 11 is 1.59. The lowest BCUT2D eigenvalue weighted by Crippen LogP contribution is -2.36. The zero-order chi connectivity index (χ0) is 16.6. The van der Waals surface area contributed by atoms with E-state index in [9.17, 15) is 0 Å². The van der Waals surface area contributed by atoms with E-state index in [1.54, 1.807) is 36.1 Å². The predicted molar refractivity (Wildman–Crippen MR) is 96.8 cm³/mol. The Morgan fingerprint density at radius 1 is 1.00 bits per heavy atom. The molecule has 4 aromatic heterocycles. The summed E-state index contributed by atoms with van der Waals surface area (Å²) in [5.41, 5.74) is 2.56. The van der Waals surface area contributed by atoms with Crippen molar-refractivity contribution in [3.8, 4) is 11.4 Å². The van der Waals surface area contributed by atoms with Crippen molar-refractivity contribution in [2.24, 2.45) is 0 Å². The Labute approximate surface area is 147 Å². The van der Waals surface area contributed by atoms with Crippen LogP contribution in [0.1, 0.15) is 0 Å². The van der Waals surface area contributed by atoms with Crippen molar-refractivity contribution in [2.45, 2.75) is 0 Å². The maximum atomic E-state index is 5.49. The molecule has 4 aromatic rings. The van der Waals surface area contributed by atoms with E-state index in [1.807, 2.05) is 12.1 Å². The van der Waals surface area contributed by atoms with E-state index in [2.05, 4.69) is 19.9 Å². The summed E-state index contributed by atoms with van der Waals surface area (Å²) in [6.45, 7) is 3.03. The van der Waals surface area contributed by atoms with Crippen LogP contribution in [-0.4, -0.2) is 51.2 Å². The fraction of sp³-hybridized carbons (Fsp3) is 0.235. The van der Waals surface area contributed by atoms with Gasteiger partial charge in [0.2, 0.25) is 0 Å². The van der Waals surface area contributed by atoms with E-state index >= 15 is 0 Å². The van der Waals surface area contributed by atoms with Gasteiger partial charge in [0.05, 0.1) is 17.9 Å². The molecule has 0 radical (unpaired) electrons. The highest BCUT2D eigenvalue weighted by molar-refractivity contribution is 7.25. The van der Waals surface area contributed by atoms with Crippen molar-refractivity contribution in [3.05, 3.63) is 36.9 Å². The van der Waals surface area contributed by atoms with Crippen molar-refractivity contribution in [1.29, 1.82) is 0 Å². The van der Waals surface area contributed by atoms with E-state index in [4.69, 9.17) is 14.7 Å². The van der Waals surface area contributed by atoms with Crippen molar-refractivity contribution in [1.82, 2.24) is 24.9 Å². The number of anilines is 1. The number of aromatic nitrogens is 5. The second-order valence-corrected chi connectivity index (χ2v) is 6.70. The van der Waals surface area contributed by atoms with Gasteiger partial charge in [-0.2, -0.15) is 0 Å². The Kier molecular flexibility index (Phi) is 3.50. The molecule has 0 unspecified atom stereocenters. The van der Waals surface area contributed by atoms with Gasteiger partial charge in [-0.05, 0) is 12.1 Å². The van der Waals surface area contributed by atoms with Gasteiger partial charge in [0.25, 0.3) is 0 Å². The maximum Gasteiger partial charge on any atom is 0.163 e. The number of ether oxygens (including phenoxy) is 1. The first-order chi connectivity index (χ1) is 12.4. The molecular weight excluding hydrogens is 336 g/mol. The molecule has 5 heterocycles. The van der Waals surface area contributed by atoms with E-state index in [0.29, 0.717) is 19.0 Å².